The molecule has 0 saturated heterocycles. The number of esters is 1. The minimum absolute atomic E-state index is 0.125. The van der Waals surface area contributed by atoms with Gasteiger partial charge in [-0.25, -0.2) is 14.8 Å². The number of nitrogens with one attached hydrogen (secondary N) is 1. The lowest BCUT2D eigenvalue weighted by atomic mass is 10.2. The van der Waals surface area contributed by atoms with E-state index < -0.39 is 5.97 Å². The van der Waals surface area contributed by atoms with Gasteiger partial charge in [0, 0.05) is 18.1 Å². The van der Waals surface area contributed by atoms with Crippen LogP contribution in [0.3, 0.4) is 0 Å². The van der Waals surface area contributed by atoms with E-state index in [0.29, 0.717) is 17.1 Å². The van der Waals surface area contributed by atoms with Gasteiger partial charge in [-0.1, -0.05) is 12.1 Å². The van der Waals surface area contributed by atoms with Crippen molar-refractivity contribution in [2.24, 2.45) is 0 Å². The summed E-state index contributed by atoms with van der Waals surface area (Å²) in [6.45, 7) is 0.125. The molecular formula is C19H18N4O3. The number of rotatable bonds is 5. The number of likely N-dealkylation sites (N-methyl/N-ethyl adjacent to an activating group) is 1. The van der Waals surface area contributed by atoms with Crippen LogP contribution in [0.1, 0.15) is 10.4 Å². The predicted octanol–water partition coefficient (Wildman–Crippen LogP) is 2.49. The summed E-state index contributed by atoms with van der Waals surface area (Å²) in [5.74, 6) is 0.0750. The molecule has 7 nitrogen and oxygen atoms in total. The minimum Gasteiger partial charge on any atom is -0.465 e. The SMILES string of the molecule is COC(=O)c1ccc(NC(=O)CN(C)c2ncnc3ccccc23)cc1. The van der Waals surface area contributed by atoms with Crippen LogP contribution in [0.2, 0.25) is 0 Å². The Bertz CT molecular complexity index is 936. The van der Waals surface area contributed by atoms with Crippen LogP contribution in [0, 0.1) is 0 Å². The van der Waals surface area contributed by atoms with Crippen molar-refractivity contribution in [3.8, 4) is 0 Å². The highest BCUT2D eigenvalue weighted by Crippen LogP contribution is 2.21. The van der Waals surface area contributed by atoms with Crippen molar-refractivity contribution in [1.29, 1.82) is 0 Å². The average molecular weight is 350 g/mol. The molecule has 0 unspecified atom stereocenters. The first-order valence-corrected chi connectivity index (χ1v) is 7.97. The van der Waals surface area contributed by atoms with E-state index in [1.807, 2.05) is 24.3 Å². The second-order valence-corrected chi connectivity index (χ2v) is 5.69. The Balaban J connectivity index is 1.68. The highest BCUT2D eigenvalue weighted by atomic mass is 16.5. The summed E-state index contributed by atoms with van der Waals surface area (Å²) >= 11 is 0. The van der Waals surface area contributed by atoms with Crippen molar-refractivity contribution in [3.05, 3.63) is 60.4 Å². The summed E-state index contributed by atoms with van der Waals surface area (Å²) < 4.78 is 4.65. The Morgan fingerprint density at radius 1 is 1.08 bits per heavy atom. The molecule has 0 aliphatic carbocycles. The number of amides is 1. The zero-order valence-electron chi connectivity index (χ0n) is 14.5. The van der Waals surface area contributed by atoms with E-state index in [4.69, 9.17) is 0 Å². The molecule has 1 aromatic heterocycles. The lowest BCUT2D eigenvalue weighted by molar-refractivity contribution is -0.114. The van der Waals surface area contributed by atoms with Gasteiger partial charge in [-0.15, -0.1) is 0 Å². The summed E-state index contributed by atoms with van der Waals surface area (Å²) in [5, 5.41) is 3.68. The molecule has 1 N–H and O–H groups in total. The zero-order chi connectivity index (χ0) is 18.5. The van der Waals surface area contributed by atoms with Crippen LogP contribution in [0.4, 0.5) is 11.5 Å². The normalized spacial score (nSPS) is 10.4. The van der Waals surface area contributed by atoms with Crippen LogP contribution in [0.5, 0.6) is 0 Å². The number of anilines is 2. The highest BCUT2D eigenvalue weighted by Gasteiger charge is 2.12. The van der Waals surface area contributed by atoms with Gasteiger partial charge in [0.05, 0.1) is 24.7 Å². The number of para-hydroxylation sites is 1. The molecule has 132 valence electrons. The maximum Gasteiger partial charge on any atom is 0.337 e. The number of ether oxygens (including phenoxy) is 1. The van der Waals surface area contributed by atoms with Gasteiger partial charge in [-0.2, -0.15) is 0 Å². The molecule has 0 spiro atoms. The number of hydrogen-bond acceptors (Lipinski definition) is 6. The fraction of sp³-hybridized carbons (Fsp3) is 0.158. The van der Waals surface area contributed by atoms with E-state index in [-0.39, 0.29) is 12.5 Å². The summed E-state index contributed by atoms with van der Waals surface area (Å²) in [6.07, 6.45) is 1.48. The number of nitrogens with zero attached hydrogens (tertiary/aromatic N) is 3. The molecule has 26 heavy (non-hydrogen) atoms. The molecule has 0 fully saturated rings. The van der Waals surface area contributed by atoms with Crippen LogP contribution in [0.25, 0.3) is 10.9 Å². The molecule has 2 aromatic carbocycles. The summed E-state index contributed by atoms with van der Waals surface area (Å²) in [4.78, 5) is 34.0. The van der Waals surface area contributed by atoms with Crippen molar-refractivity contribution < 1.29 is 14.3 Å². The number of fused-ring (bicyclic) bond motifs is 1. The van der Waals surface area contributed by atoms with E-state index in [1.165, 1.54) is 13.4 Å². The topological polar surface area (TPSA) is 84.4 Å². The predicted molar refractivity (Wildman–Crippen MR) is 99.2 cm³/mol. The molecule has 3 rings (SSSR count). The van der Waals surface area contributed by atoms with E-state index in [1.54, 1.807) is 36.2 Å². The summed E-state index contributed by atoms with van der Waals surface area (Å²) in [7, 11) is 3.12. The fourth-order valence-corrected chi connectivity index (χ4v) is 2.59. The Morgan fingerprint density at radius 3 is 2.54 bits per heavy atom. The molecule has 0 bridgehead atoms. The second-order valence-electron chi connectivity index (χ2n) is 5.69. The van der Waals surface area contributed by atoms with Crippen molar-refractivity contribution in [2.75, 3.05) is 30.9 Å². The van der Waals surface area contributed by atoms with Crippen LogP contribution >= 0.6 is 0 Å². The van der Waals surface area contributed by atoms with Gasteiger partial charge in [0.15, 0.2) is 0 Å². The Kier molecular flexibility index (Phi) is 5.07. The molecular weight excluding hydrogens is 332 g/mol. The Morgan fingerprint density at radius 2 is 1.81 bits per heavy atom. The lowest BCUT2D eigenvalue weighted by Gasteiger charge is -2.19. The van der Waals surface area contributed by atoms with Crippen molar-refractivity contribution in [1.82, 2.24) is 9.97 Å². The van der Waals surface area contributed by atoms with Gasteiger partial charge in [0.1, 0.15) is 12.1 Å². The van der Waals surface area contributed by atoms with E-state index in [2.05, 4.69) is 20.0 Å². The Labute approximate surface area is 150 Å². The molecule has 7 heteroatoms. The van der Waals surface area contributed by atoms with Crippen LogP contribution in [-0.4, -0.2) is 42.5 Å². The highest BCUT2D eigenvalue weighted by molar-refractivity contribution is 5.97. The average Bonchev–Trinajstić information content (AvgIpc) is 2.67. The van der Waals surface area contributed by atoms with Crippen molar-refractivity contribution >= 4 is 34.3 Å². The molecule has 1 amide bonds. The van der Waals surface area contributed by atoms with E-state index in [0.717, 1.165) is 10.9 Å². The summed E-state index contributed by atoms with van der Waals surface area (Å²) in [5.41, 5.74) is 1.85. The molecule has 0 atom stereocenters. The number of aromatic nitrogens is 2. The number of carbonyl (C=O) groups excluding carboxylic acids is 2. The number of methoxy groups -OCH3 is 1. The number of benzene rings is 2. The van der Waals surface area contributed by atoms with Crippen molar-refractivity contribution in [2.45, 2.75) is 0 Å². The maximum atomic E-state index is 12.3. The van der Waals surface area contributed by atoms with Crippen LogP contribution in [-0.2, 0) is 9.53 Å². The van der Waals surface area contributed by atoms with Gasteiger partial charge < -0.3 is 15.0 Å². The minimum atomic E-state index is -0.418. The molecule has 0 radical (unpaired) electrons. The first-order chi connectivity index (χ1) is 12.6. The molecule has 0 aliphatic heterocycles. The smallest absolute Gasteiger partial charge is 0.337 e. The molecule has 3 aromatic rings. The number of carbonyl (C=O) groups is 2. The monoisotopic (exact) mass is 350 g/mol. The Hall–Kier alpha value is -3.48. The maximum absolute atomic E-state index is 12.3. The lowest BCUT2D eigenvalue weighted by Crippen LogP contribution is -2.30. The quantitative estimate of drug-likeness (QED) is 0.712. The van der Waals surface area contributed by atoms with E-state index >= 15 is 0 Å². The largest absolute Gasteiger partial charge is 0.465 e. The third-order valence-corrected chi connectivity index (χ3v) is 3.85. The van der Waals surface area contributed by atoms with E-state index in [9.17, 15) is 9.59 Å². The third kappa shape index (κ3) is 3.77. The van der Waals surface area contributed by atoms with Crippen molar-refractivity contribution in [3.63, 3.8) is 0 Å². The third-order valence-electron chi connectivity index (χ3n) is 3.85. The molecule has 1 heterocycles. The van der Waals surface area contributed by atoms with Gasteiger partial charge in [-0.05, 0) is 36.4 Å². The standard InChI is InChI=1S/C19H18N4O3/c1-23(18-15-5-3-4-6-16(15)20-12-21-18)11-17(24)22-14-9-7-13(8-10-14)19(25)26-2/h3-10,12H,11H2,1-2H3,(H,22,24). The van der Waals surface area contributed by atoms with Gasteiger partial charge in [-0.3, -0.25) is 4.79 Å². The zero-order valence-corrected chi connectivity index (χ0v) is 14.5. The van der Waals surface area contributed by atoms with Gasteiger partial charge in [0.25, 0.3) is 0 Å². The first kappa shape index (κ1) is 17.3. The second kappa shape index (κ2) is 7.60. The van der Waals surface area contributed by atoms with Crippen LogP contribution in [0.15, 0.2) is 54.9 Å². The summed E-state index contributed by atoms with van der Waals surface area (Å²) in [6, 6.07) is 14.2. The fourth-order valence-electron chi connectivity index (χ4n) is 2.59. The van der Waals surface area contributed by atoms with Gasteiger partial charge >= 0.3 is 5.97 Å². The first-order valence-electron chi connectivity index (χ1n) is 7.97. The van der Waals surface area contributed by atoms with Crippen LogP contribution < -0.4 is 10.2 Å². The van der Waals surface area contributed by atoms with Gasteiger partial charge in [0.2, 0.25) is 5.91 Å². The molecule has 0 aliphatic rings. The number of hydrogen-bond donors (Lipinski definition) is 1. The molecule has 0 saturated carbocycles.